The third-order valence-electron chi connectivity index (χ3n) is 3.66. The summed E-state index contributed by atoms with van der Waals surface area (Å²) < 4.78 is 3.33. The summed E-state index contributed by atoms with van der Waals surface area (Å²) in [5, 5.41) is 10.2. The predicted molar refractivity (Wildman–Crippen MR) is 93.4 cm³/mol. The van der Waals surface area contributed by atoms with Gasteiger partial charge in [-0.1, -0.05) is 18.2 Å². The van der Waals surface area contributed by atoms with Crippen LogP contribution in [0.4, 0.5) is 5.69 Å². The van der Waals surface area contributed by atoms with Crippen molar-refractivity contribution >= 4 is 34.8 Å². The number of hydrogen-bond donors (Lipinski definition) is 2. The van der Waals surface area contributed by atoms with E-state index in [1.807, 2.05) is 43.3 Å². The van der Waals surface area contributed by atoms with Gasteiger partial charge in [-0.2, -0.15) is 5.26 Å². The molecular formula is C18H15N3OS. The number of H-pyrrole nitrogens is 1. The highest BCUT2D eigenvalue weighted by Crippen LogP contribution is 2.31. The van der Waals surface area contributed by atoms with Gasteiger partial charge in [-0.15, -0.1) is 0 Å². The number of aromatic amines is 1. The fourth-order valence-electron chi connectivity index (χ4n) is 2.54. The molecule has 1 heterocycles. The second kappa shape index (κ2) is 6.59. The van der Waals surface area contributed by atoms with E-state index in [1.54, 1.807) is 6.20 Å². The minimum absolute atomic E-state index is 0.422. The van der Waals surface area contributed by atoms with Gasteiger partial charge in [0, 0.05) is 22.9 Å². The molecule has 0 amide bonds. The molecule has 3 rings (SSSR count). The molecule has 4 nitrogen and oxygen atoms in total. The molecule has 0 spiro atoms. The Labute approximate surface area is 138 Å². The number of nitrogens with zero attached hydrogens (tertiary/aromatic N) is 1. The molecule has 0 saturated heterocycles. The van der Waals surface area contributed by atoms with Gasteiger partial charge in [-0.25, -0.2) is 0 Å². The Bertz CT molecular complexity index is 908. The molecule has 0 aliphatic rings. The number of benzene rings is 2. The number of rotatable bonds is 5. The summed E-state index contributed by atoms with van der Waals surface area (Å²) in [6, 6.07) is 14.1. The van der Waals surface area contributed by atoms with Gasteiger partial charge < -0.3 is 14.5 Å². The molecule has 0 bridgehead atoms. The number of aldehydes is 1. The van der Waals surface area contributed by atoms with E-state index in [0.717, 1.165) is 38.9 Å². The van der Waals surface area contributed by atoms with Crippen LogP contribution in [0.5, 0.6) is 0 Å². The van der Waals surface area contributed by atoms with Crippen LogP contribution in [0.25, 0.3) is 10.9 Å². The molecule has 0 saturated carbocycles. The molecule has 0 unspecified atom stereocenters. The first-order valence-electron chi connectivity index (χ1n) is 7.19. The van der Waals surface area contributed by atoms with Gasteiger partial charge in [0.1, 0.15) is 12.4 Å². The van der Waals surface area contributed by atoms with Crippen LogP contribution in [0.2, 0.25) is 0 Å². The lowest BCUT2D eigenvalue weighted by molar-refractivity contribution is -0.107. The van der Waals surface area contributed by atoms with Crippen molar-refractivity contribution in [3.8, 4) is 6.07 Å². The van der Waals surface area contributed by atoms with Crippen molar-refractivity contribution in [1.82, 2.24) is 4.98 Å². The highest BCUT2D eigenvalue weighted by molar-refractivity contribution is 8.00. The van der Waals surface area contributed by atoms with Gasteiger partial charge >= 0.3 is 0 Å². The molecule has 0 aliphatic carbocycles. The summed E-state index contributed by atoms with van der Waals surface area (Å²) >= 11 is 1.48. The maximum Gasteiger partial charge on any atom is 0.124 e. The fourth-order valence-corrected chi connectivity index (χ4v) is 3.29. The number of carbonyl (C=O) groups is 1. The summed E-state index contributed by atoms with van der Waals surface area (Å²) in [7, 11) is 0. The van der Waals surface area contributed by atoms with Crippen LogP contribution in [0.15, 0.2) is 47.5 Å². The van der Waals surface area contributed by atoms with E-state index in [9.17, 15) is 10.1 Å². The first-order valence-corrected chi connectivity index (χ1v) is 8.01. The van der Waals surface area contributed by atoms with E-state index < -0.39 is 0 Å². The third kappa shape index (κ3) is 3.08. The molecule has 2 N–H and O–H groups in total. The average molecular weight is 321 g/mol. The smallest absolute Gasteiger partial charge is 0.124 e. The summed E-state index contributed by atoms with van der Waals surface area (Å²) in [4.78, 5) is 14.8. The van der Waals surface area contributed by atoms with E-state index in [4.69, 9.17) is 0 Å². The molecule has 0 atom stereocenters. The number of nitriles is 1. The Kier molecular flexibility index (Phi) is 4.35. The Balaban J connectivity index is 1.87. The summed E-state index contributed by atoms with van der Waals surface area (Å²) in [5.41, 5.74) is 4.57. The van der Waals surface area contributed by atoms with Gasteiger partial charge in [-0.3, -0.25) is 0 Å². The first kappa shape index (κ1) is 15.2. The lowest BCUT2D eigenvalue weighted by Gasteiger charge is -2.09. The molecule has 1 aromatic heterocycles. The number of aryl methyl sites for hydroxylation is 1. The van der Waals surface area contributed by atoms with Crippen molar-refractivity contribution in [1.29, 1.82) is 5.26 Å². The minimum Gasteiger partial charge on any atom is -0.358 e. The molecule has 23 heavy (non-hydrogen) atoms. The molecule has 2 aromatic carbocycles. The summed E-state index contributed by atoms with van der Waals surface area (Å²) in [5.74, 6) is 0. The maximum absolute atomic E-state index is 10.6. The van der Waals surface area contributed by atoms with E-state index in [2.05, 4.69) is 15.8 Å². The largest absolute Gasteiger partial charge is 0.358 e. The zero-order chi connectivity index (χ0) is 16.2. The van der Waals surface area contributed by atoms with Crippen molar-refractivity contribution in [2.75, 3.05) is 4.72 Å². The standard InChI is InChI=1S/C18H15N3OS/c1-12-5-6-16(18-17(12)14(10-19)11-20-18)21-23-15-4-2-3-13(9-15)7-8-22/h2-6,8-9,11,20-21H,7H2,1H3. The predicted octanol–water partition coefficient (Wildman–Crippen LogP) is 4.21. The van der Waals surface area contributed by atoms with Gasteiger partial charge in [0.15, 0.2) is 0 Å². The van der Waals surface area contributed by atoms with E-state index >= 15 is 0 Å². The van der Waals surface area contributed by atoms with Crippen LogP contribution in [0, 0.1) is 18.3 Å². The van der Waals surface area contributed by atoms with Crippen molar-refractivity contribution in [3.63, 3.8) is 0 Å². The number of anilines is 1. The minimum atomic E-state index is 0.422. The van der Waals surface area contributed by atoms with Crippen LogP contribution in [0.3, 0.4) is 0 Å². The third-order valence-corrected chi connectivity index (χ3v) is 4.47. The molecule has 0 radical (unpaired) electrons. The van der Waals surface area contributed by atoms with Gasteiger partial charge in [0.25, 0.3) is 0 Å². The van der Waals surface area contributed by atoms with Crippen LogP contribution in [0.1, 0.15) is 16.7 Å². The lowest BCUT2D eigenvalue weighted by atomic mass is 10.1. The molecule has 114 valence electrons. The second-order valence-corrected chi connectivity index (χ2v) is 6.10. The van der Waals surface area contributed by atoms with Crippen molar-refractivity contribution in [3.05, 3.63) is 59.3 Å². The Hall–Kier alpha value is -2.71. The highest BCUT2D eigenvalue weighted by Gasteiger charge is 2.10. The molecule has 5 heteroatoms. The van der Waals surface area contributed by atoms with Crippen LogP contribution in [-0.2, 0) is 11.2 Å². The van der Waals surface area contributed by atoms with Crippen LogP contribution < -0.4 is 4.72 Å². The van der Waals surface area contributed by atoms with Gasteiger partial charge in [-0.05, 0) is 48.2 Å². The maximum atomic E-state index is 10.6. The summed E-state index contributed by atoms with van der Waals surface area (Å²) in [6.07, 6.45) is 3.06. The monoisotopic (exact) mass is 321 g/mol. The first-order chi connectivity index (χ1) is 11.2. The number of hydrogen-bond acceptors (Lipinski definition) is 4. The molecule has 3 aromatic rings. The van der Waals surface area contributed by atoms with E-state index in [-0.39, 0.29) is 0 Å². The van der Waals surface area contributed by atoms with Crippen molar-refractivity contribution in [2.45, 2.75) is 18.2 Å². The number of fused-ring (bicyclic) bond motifs is 1. The molecular weight excluding hydrogens is 306 g/mol. The number of aromatic nitrogens is 1. The lowest BCUT2D eigenvalue weighted by Crippen LogP contribution is -1.91. The normalized spacial score (nSPS) is 10.4. The Morgan fingerprint density at radius 1 is 1.35 bits per heavy atom. The molecule has 0 fully saturated rings. The van der Waals surface area contributed by atoms with Gasteiger partial charge in [0.2, 0.25) is 0 Å². The fraction of sp³-hybridized carbons (Fsp3) is 0.111. The SMILES string of the molecule is Cc1ccc(NSc2cccc(CC=O)c2)c2[nH]cc(C#N)c12. The Morgan fingerprint density at radius 3 is 3.00 bits per heavy atom. The topological polar surface area (TPSA) is 68.7 Å². The summed E-state index contributed by atoms with van der Waals surface area (Å²) in [6.45, 7) is 2.00. The highest BCUT2D eigenvalue weighted by atomic mass is 32.2. The quantitative estimate of drug-likeness (QED) is 0.545. The number of carbonyl (C=O) groups excluding carboxylic acids is 1. The number of nitrogens with one attached hydrogen (secondary N) is 2. The van der Waals surface area contributed by atoms with Gasteiger partial charge in [0.05, 0.1) is 16.8 Å². The van der Waals surface area contributed by atoms with E-state index in [0.29, 0.717) is 12.0 Å². The van der Waals surface area contributed by atoms with Crippen molar-refractivity contribution < 1.29 is 4.79 Å². The van der Waals surface area contributed by atoms with Crippen LogP contribution in [-0.4, -0.2) is 11.3 Å². The van der Waals surface area contributed by atoms with Crippen molar-refractivity contribution in [2.24, 2.45) is 0 Å². The Morgan fingerprint density at radius 2 is 2.22 bits per heavy atom. The zero-order valence-electron chi connectivity index (χ0n) is 12.6. The second-order valence-electron chi connectivity index (χ2n) is 5.22. The average Bonchev–Trinajstić information content (AvgIpc) is 3.00. The molecule has 0 aliphatic heterocycles. The van der Waals surface area contributed by atoms with E-state index in [1.165, 1.54) is 11.9 Å². The zero-order valence-corrected chi connectivity index (χ0v) is 13.4. The van der Waals surface area contributed by atoms with Crippen LogP contribution >= 0.6 is 11.9 Å².